The largest absolute Gasteiger partial charge is 0.497 e. The van der Waals surface area contributed by atoms with Crippen LogP contribution in [0, 0.1) is 5.92 Å². The first-order valence-electron chi connectivity index (χ1n) is 8.51. The van der Waals surface area contributed by atoms with Gasteiger partial charge in [-0.3, -0.25) is 14.2 Å². The molecule has 2 aromatic heterocycles. The molecule has 7 heteroatoms. The Morgan fingerprint density at radius 2 is 2.12 bits per heavy atom. The molecule has 4 rings (SSSR count). The zero-order valence-corrected chi connectivity index (χ0v) is 15.2. The Labute approximate surface area is 154 Å². The Hall–Kier alpha value is -2.67. The summed E-state index contributed by atoms with van der Waals surface area (Å²) in [6.45, 7) is -0.0287. The summed E-state index contributed by atoms with van der Waals surface area (Å²) in [5, 5.41) is 4.92. The number of fused-ring (bicyclic) bond motifs is 1. The molecule has 0 radical (unpaired) electrons. The van der Waals surface area contributed by atoms with Gasteiger partial charge in [0.1, 0.15) is 17.0 Å². The zero-order valence-electron chi connectivity index (χ0n) is 14.3. The minimum atomic E-state index is -0.183. The average Bonchev–Trinajstić information content (AvgIpc) is 3.38. The highest BCUT2D eigenvalue weighted by molar-refractivity contribution is 7.17. The first-order chi connectivity index (χ1) is 12.7. The Morgan fingerprint density at radius 1 is 1.35 bits per heavy atom. The molecule has 0 saturated heterocycles. The monoisotopic (exact) mass is 369 g/mol. The van der Waals surface area contributed by atoms with E-state index in [1.165, 1.54) is 22.2 Å². The number of methoxy groups -OCH3 is 1. The highest BCUT2D eigenvalue weighted by Gasteiger charge is 2.33. The second-order valence-corrected chi connectivity index (χ2v) is 7.38. The molecule has 1 atom stereocenters. The molecule has 134 valence electrons. The maximum Gasteiger partial charge on any atom is 0.271 e. The van der Waals surface area contributed by atoms with E-state index in [1.54, 1.807) is 13.2 Å². The predicted molar refractivity (Wildman–Crippen MR) is 100 cm³/mol. The van der Waals surface area contributed by atoms with Crippen LogP contribution in [0.5, 0.6) is 5.75 Å². The smallest absolute Gasteiger partial charge is 0.271 e. The second-order valence-electron chi connectivity index (χ2n) is 6.47. The van der Waals surface area contributed by atoms with E-state index in [2.05, 4.69) is 10.3 Å². The molecular weight excluding hydrogens is 350 g/mol. The van der Waals surface area contributed by atoms with Gasteiger partial charge in [-0.2, -0.15) is 0 Å². The minimum Gasteiger partial charge on any atom is -0.497 e. The molecule has 6 nitrogen and oxygen atoms in total. The fourth-order valence-corrected chi connectivity index (χ4v) is 3.87. The van der Waals surface area contributed by atoms with Crippen molar-refractivity contribution in [2.45, 2.75) is 25.4 Å². The molecule has 1 amide bonds. The van der Waals surface area contributed by atoms with Crippen molar-refractivity contribution in [1.29, 1.82) is 0 Å². The maximum absolute atomic E-state index is 12.6. The van der Waals surface area contributed by atoms with Gasteiger partial charge in [0.25, 0.3) is 5.56 Å². The average molecular weight is 369 g/mol. The van der Waals surface area contributed by atoms with E-state index in [9.17, 15) is 9.59 Å². The molecule has 1 fully saturated rings. The Kier molecular flexibility index (Phi) is 4.46. The standard InChI is InChI=1S/C19H19N3O3S/c1-25-14-6-4-13(5-7-14)17(12-2-3-12)21-16(23)10-22-11-20-15-8-9-26-18(15)19(22)24/h4-9,11-12,17H,2-3,10H2,1H3,(H,21,23)/t17-/m1/s1. The van der Waals surface area contributed by atoms with Crippen LogP contribution in [0.1, 0.15) is 24.4 Å². The number of nitrogens with one attached hydrogen (secondary N) is 1. The summed E-state index contributed by atoms with van der Waals surface area (Å²) in [5.74, 6) is 1.05. The van der Waals surface area contributed by atoms with Crippen molar-refractivity contribution in [3.8, 4) is 5.75 Å². The Morgan fingerprint density at radius 3 is 2.81 bits per heavy atom. The van der Waals surface area contributed by atoms with Crippen LogP contribution >= 0.6 is 11.3 Å². The number of benzene rings is 1. The number of carbonyl (C=O) groups is 1. The highest BCUT2D eigenvalue weighted by atomic mass is 32.1. The van der Waals surface area contributed by atoms with Crippen molar-refractivity contribution in [1.82, 2.24) is 14.9 Å². The van der Waals surface area contributed by atoms with Crippen LogP contribution in [0.25, 0.3) is 10.2 Å². The first-order valence-corrected chi connectivity index (χ1v) is 9.39. The van der Waals surface area contributed by atoms with Gasteiger partial charge in [-0.25, -0.2) is 4.98 Å². The summed E-state index contributed by atoms with van der Waals surface area (Å²) in [4.78, 5) is 29.2. The summed E-state index contributed by atoms with van der Waals surface area (Å²) in [6.07, 6.45) is 3.63. The number of aromatic nitrogens is 2. The fourth-order valence-electron chi connectivity index (χ4n) is 3.08. The van der Waals surface area contributed by atoms with E-state index in [0.717, 1.165) is 24.2 Å². The quantitative estimate of drug-likeness (QED) is 0.725. The second kappa shape index (κ2) is 6.92. The summed E-state index contributed by atoms with van der Waals surface area (Å²) >= 11 is 1.34. The minimum absolute atomic E-state index is 0.0287. The van der Waals surface area contributed by atoms with Gasteiger partial charge in [0.05, 0.1) is 25.0 Å². The van der Waals surface area contributed by atoms with Crippen LogP contribution in [0.15, 0.2) is 46.8 Å². The van der Waals surface area contributed by atoms with Crippen LogP contribution in [-0.4, -0.2) is 22.6 Å². The number of rotatable bonds is 6. The molecule has 26 heavy (non-hydrogen) atoms. The summed E-state index contributed by atoms with van der Waals surface area (Å²) < 4.78 is 7.14. The number of ether oxygens (including phenoxy) is 1. The third-order valence-corrected chi connectivity index (χ3v) is 5.53. The van der Waals surface area contributed by atoms with Crippen LogP contribution in [-0.2, 0) is 11.3 Å². The molecule has 1 aromatic carbocycles. The molecule has 0 bridgehead atoms. The van der Waals surface area contributed by atoms with Crippen molar-refractivity contribution in [3.63, 3.8) is 0 Å². The van der Waals surface area contributed by atoms with Crippen LogP contribution < -0.4 is 15.6 Å². The molecule has 3 aromatic rings. The fraction of sp³-hybridized carbons (Fsp3) is 0.316. The number of amides is 1. The van der Waals surface area contributed by atoms with E-state index >= 15 is 0 Å². The zero-order chi connectivity index (χ0) is 18.1. The summed E-state index contributed by atoms with van der Waals surface area (Å²) in [7, 11) is 1.63. The molecule has 0 spiro atoms. The lowest BCUT2D eigenvalue weighted by Crippen LogP contribution is -2.35. The van der Waals surface area contributed by atoms with Gasteiger partial charge in [-0.15, -0.1) is 11.3 Å². The molecule has 2 heterocycles. The van der Waals surface area contributed by atoms with E-state index in [4.69, 9.17) is 4.74 Å². The van der Waals surface area contributed by atoms with Crippen LogP contribution in [0.2, 0.25) is 0 Å². The van der Waals surface area contributed by atoms with Crippen molar-refractivity contribution in [3.05, 3.63) is 58.0 Å². The lowest BCUT2D eigenvalue weighted by atomic mass is 10.0. The Bertz CT molecular complexity index is 989. The molecule has 1 aliphatic carbocycles. The first kappa shape index (κ1) is 16.8. The topological polar surface area (TPSA) is 73.2 Å². The van der Waals surface area contributed by atoms with Crippen LogP contribution in [0.3, 0.4) is 0 Å². The molecule has 1 N–H and O–H groups in total. The maximum atomic E-state index is 12.6. The Balaban J connectivity index is 1.51. The van der Waals surface area contributed by atoms with E-state index in [-0.39, 0.29) is 24.1 Å². The van der Waals surface area contributed by atoms with Crippen molar-refractivity contribution >= 4 is 27.5 Å². The van der Waals surface area contributed by atoms with Gasteiger partial charge in [0, 0.05) is 0 Å². The lowest BCUT2D eigenvalue weighted by Gasteiger charge is -2.19. The third-order valence-electron chi connectivity index (χ3n) is 4.63. The summed E-state index contributed by atoms with van der Waals surface area (Å²) in [5.41, 5.74) is 1.55. The summed E-state index contributed by atoms with van der Waals surface area (Å²) in [6, 6.07) is 9.52. The number of nitrogens with zero attached hydrogens (tertiary/aromatic N) is 2. The third kappa shape index (κ3) is 3.35. The number of hydrogen-bond donors (Lipinski definition) is 1. The van der Waals surface area contributed by atoms with E-state index in [1.807, 2.05) is 29.6 Å². The van der Waals surface area contributed by atoms with Gasteiger partial charge < -0.3 is 10.1 Å². The van der Waals surface area contributed by atoms with Gasteiger partial charge in [0.15, 0.2) is 0 Å². The molecule has 0 aliphatic heterocycles. The van der Waals surface area contributed by atoms with Crippen molar-refractivity contribution in [2.75, 3.05) is 7.11 Å². The van der Waals surface area contributed by atoms with Gasteiger partial charge in [-0.05, 0) is 47.9 Å². The number of hydrogen-bond acceptors (Lipinski definition) is 5. The molecule has 0 unspecified atom stereocenters. The van der Waals surface area contributed by atoms with Crippen molar-refractivity contribution in [2.24, 2.45) is 5.92 Å². The normalized spacial score (nSPS) is 15.0. The van der Waals surface area contributed by atoms with Crippen LogP contribution in [0.4, 0.5) is 0 Å². The molecule has 1 aliphatic rings. The number of thiophene rings is 1. The highest BCUT2D eigenvalue weighted by Crippen LogP contribution is 2.41. The lowest BCUT2D eigenvalue weighted by molar-refractivity contribution is -0.122. The van der Waals surface area contributed by atoms with E-state index < -0.39 is 0 Å². The predicted octanol–water partition coefficient (Wildman–Crippen LogP) is 2.73. The SMILES string of the molecule is COc1ccc([C@H](NC(=O)Cn2cnc3ccsc3c2=O)C2CC2)cc1. The van der Waals surface area contributed by atoms with Gasteiger partial charge in [0.2, 0.25) is 5.91 Å². The van der Waals surface area contributed by atoms with Gasteiger partial charge >= 0.3 is 0 Å². The van der Waals surface area contributed by atoms with E-state index in [0.29, 0.717) is 16.1 Å². The van der Waals surface area contributed by atoms with Crippen molar-refractivity contribution < 1.29 is 9.53 Å². The van der Waals surface area contributed by atoms with Gasteiger partial charge in [-0.1, -0.05) is 12.1 Å². The molecule has 1 saturated carbocycles. The number of carbonyl (C=O) groups excluding carboxylic acids is 1. The molecular formula is C19H19N3O3S.